The monoisotopic (exact) mass is 281 g/mol. The Bertz CT molecular complexity index is 351. The molecule has 0 saturated carbocycles. The van der Waals surface area contributed by atoms with Crippen LogP contribution in [0.5, 0.6) is 0 Å². The molecule has 20 heavy (non-hydrogen) atoms. The summed E-state index contributed by atoms with van der Waals surface area (Å²) in [7, 11) is 0. The zero-order valence-electron chi connectivity index (χ0n) is 12.8. The lowest BCUT2D eigenvalue weighted by molar-refractivity contribution is -0.00734. The highest BCUT2D eigenvalue weighted by Gasteiger charge is 2.04. The van der Waals surface area contributed by atoms with Gasteiger partial charge in [-0.05, 0) is 38.0 Å². The molecule has 1 aromatic carbocycles. The molecular weight excluding hydrogens is 254 g/mol. The first-order chi connectivity index (χ1) is 9.61. The summed E-state index contributed by atoms with van der Waals surface area (Å²) in [5.74, 6) is 0. The highest BCUT2D eigenvalue weighted by atomic mass is 16.5. The van der Waals surface area contributed by atoms with E-state index in [1.54, 1.807) is 0 Å². The van der Waals surface area contributed by atoms with E-state index < -0.39 is 6.10 Å². The molecule has 0 radical (unpaired) electrons. The minimum absolute atomic E-state index is 0.219. The van der Waals surface area contributed by atoms with E-state index in [4.69, 9.17) is 9.47 Å². The summed E-state index contributed by atoms with van der Waals surface area (Å²) in [6.45, 7) is 7.99. The number of anilines is 1. The zero-order chi connectivity index (χ0) is 14.8. The summed E-state index contributed by atoms with van der Waals surface area (Å²) in [4.78, 5) is 0. The Morgan fingerprint density at radius 2 is 1.85 bits per heavy atom. The topological polar surface area (TPSA) is 50.7 Å². The van der Waals surface area contributed by atoms with Crippen LogP contribution in [-0.2, 0) is 15.9 Å². The quantitative estimate of drug-likeness (QED) is 0.647. The standard InChI is InChI=1S/C16H27NO3/c1-4-14-5-7-15(8-6-14)17-11-16(18)12-19-9-10-20-13(2)3/h5-8,13,16-18H,4,9-12H2,1-3H3. The maximum atomic E-state index is 9.79. The summed E-state index contributed by atoms with van der Waals surface area (Å²) in [5.41, 5.74) is 2.33. The number of ether oxygens (including phenoxy) is 2. The first kappa shape index (κ1) is 17.0. The molecule has 0 aliphatic heterocycles. The van der Waals surface area contributed by atoms with Crippen molar-refractivity contribution in [3.63, 3.8) is 0 Å². The molecule has 114 valence electrons. The SMILES string of the molecule is CCc1ccc(NCC(O)COCCOC(C)C)cc1. The molecule has 0 saturated heterocycles. The maximum Gasteiger partial charge on any atom is 0.0945 e. The van der Waals surface area contributed by atoms with E-state index in [2.05, 4.69) is 24.4 Å². The van der Waals surface area contributed by atoms with Gasteiger partial charge in [-0.3, -0.25) is 0 Å². The molecule has 2 N–H and O–H groups in total. The number of hydrogen-bond acceptors (Lipinski definition) is 4. The number of aliphatic hydroxyl groups excluding tert-OH is 1. The van der Waals surface area contributed by atoms with Crippen molar-refractivity contribution in [1.82, 2.24) is 0 Å². The van der Waals surface area contributed by atoms with Gasteiger partial charge in [0.1, 0.15) is 0 Å². The Hall–Kier alpha value is -1.10. The van der Waals surface area contributed by atoms with Crippen LogP contribution in [0.2, 0.25) is 0 Å². The number of hydrogen-bond donors (Lipinski definition) is 2. The first-order valence-corrected chi connectivity index (χ1v) is 7.32. The van der Waals surface area contributed by atoms with E-state index in [1.165, 1.54) is 5.56 Å². The van der Waals surface area contributed by atoms with E-state index in [0.29, 0.717) is 26.4 Å². The normalized spacial score (nSPS) is 12.7. The number of benzene rings is 1. The summed E-state index contributed by atoms with van der Waals surface area (Å²) in [6, 6.07) is 8.24. The second-order valence-electron chi connectivity index (χ2n) is 5.08. The Balaban J connectivity index is 2.11. The van der Waals surface area contributed by atoms with Crippen molar-refractivity contribution in [2.75, 3.05) is 31.7 Å². The molecule has 4 nitrogen and oxygen atoms in total. The maximum absolute atomic E-state index is 9.79. The molecule has 0 aliphatic rings. The van der Waals surface area contributed by atoms with Crippen LogP contribution in [0.15, 0.2) is 24.3 Å². The van der Waals surface area contributed by atoms with Crippen molar-refractivity contribution in [3.05, 3.63) is 29.8 Å². The van der Waals surface area contributed by atoms with E-state index in [-0.39, 0.29) is 6.10 Å². The molecule has 1 aromatic rings. The third kappa shape index (κ3) is 7.48. The van der Waals surface area contributed by atoms with Crippen molar-refractivity contribution < 1.29 is 14.6 Å². The summed E-state index contributed by atoms with van der Waals surface area (Å²) in [5, 5.41) is 13.0. The third-order valence-electron chi connectivity index (χ3n) is 2.89. The van der Waals surface area contributed by atoms with Gasteiger partial charge in [-0.15, -0.1) is 0 Å². The van der Waals surface area contributed by atoms with Crippen LogP contribution in [-0.4, -0.2) is 43.7 Å². The Morgan fingerprint density at radius 3 is 2.45 bits per heavy atom. The van der Waals surface area contributed by atoms with Crippen LogP contribution in [0, 0.1) is 0 Å². The second-order valence-corrected chi connectivity index (χ2v) is 5.08. The highest BCUT2D eigenvalue weighted by molar-refractivity contribution is 5.44. The summed E-state index contributed by atoms with van der Waals surface area (Å²) < 4.78 is 10.7. The van der Waals surface area contributed by atoms with Gasteiger partial charge < -0.3 is 19.9 Å². The van der Waals surface area contributed by atoms with Crippen molar-refractivity contribution in [2.24, 2.45) is 0 Å². The minimum atomic E-state index is -0.514. The molecular formula is C16H27NO3. The fourth-order valence-electron chi connectivity index (χ4n) is 1.71. The van der Waals surface area contributed by atoms with Crippen molar-refractivity contribution in [1.29, 1.82) is 0 Å². The fraction of sp³-hybridized carbons (Fsp3) is 0.625. The summed E-state index contributed by atoms with van der Waals surface area (Å²) >= 11 is 0. The van der Waals surface area contributed by atoms with Gasteiger partial charge in [0.05, 0.1) is 32.0 Å². The molecule has 0 aromatic heterocycles. The van der Waals surface area contributed by atoms with Gasteiger partial charge in [-0.1, -0.05) is 19.1 Å². The lowest BCUT2D eigenvalue weighted by Gasteiger charge is -2.14. The second kappa shape index (κ2) is 9.75. The predicted molar refractivity (Wildman–Crippen MR) is 82.2 cm³/mol. The molecule has 1 atom stereocenters. The molecule has 1 unspecified atom stereocenters. The lowest BCUT2D eigenvalue weighted by atomic mass is 10.1. The number of aliphatic hydroxyl groups is 1. The van der Waals surface area contributed by atoms with Gasteiger partial charge in [0.15, 0.2) is 0 Å². The molecule has 0 amide bonds. The Labute approximate surface area is 122 Å². The zero-order valence-corrected chi connectivity index (χ0v) is 12.8. The van der Waals surface area contributed by atoms with Crippen LogP contribution in [0.3, 0.4) is 0 Å². The van der Waals surface area contributed by atoms with Crippen LogP contribution < -0.4 is 5.32 Å². The fourth-order valence-corrected chi connectivity index (χ4v) is 1.71. The smallest absolute Gasteiger partial charge is 0.0945 e. The van der Waals surface area contributed by atoms with Crippen LogP contribution in [0.1, 0.15) is 26.3 Å². The summed E-state index contributed by atoms with van der Waals surface area (Å²) in [6.07, 6.45) is 0.742. The average molecular weight is 281 g/mol. The molecule has 0 spiro atoms. The molecule has 0 fully saturated rings. The van der Waals surface area contributed by atoms with E-state index >= 15 is 0 Å². The van der Waals surface area contributed by atoms with E-state index in [9.17, 15) is 5.11 Å². The third-order valence-corrected chi connectivity index (χ3v) is 2.89. The molecule has 0 bridgehead atoms. The van der Waals surface area contributed by atoms with Crippen LogP contribution >= 0.6 is 0 Å². The molecule has 4 heteroatoms. The van der Waals surface area contributed by atoms with Crippen molar-refractivity contribution in [2.45, 2.75) is 39.4 Å². The number of aryl methyl sites for hydroxylation is 1. The predicted octanol–water partition coefficient (Wildman–Crippen LogP) is 2.46. The minimum Gasteiger partial charge on any atom is -0.389 e. The van der Waals surface area contributed by atoms with E-state index in [0.717, 1.165) is 12.1 Å². The molecule has 1 rings (SSSR count). The van der Waals surface area contributed by atoms with Gasteiger partial charge in [0.25, 0.3) is 0 Å². The Morgan fingerprint density at radius 1 is 1.15 bits per heavy atom. The van der Waals surface area contributed by atoms with Gasteiger partial charge in [-0.25, -0.2) is 0 Å². The number of rotatable bonds is 10. The Kier molecular flexibility index (Phi) is 8.26. The lowest BCUT2D eigenvalue weighted by Crippen LogP contribution is -2.25. The van der Waals surface area contributed by atoms with Gasteiger partial charge in [-0.2, -0.15) is 0 Å². The highest BCUT2D eigenvalue weighted by Crippen LogP contribution is 2.09. The van der Waals surface area contributed by atoms with Crippen molar-refractivity contribution >= 4 is 5.69 Å². The van der Waals surface area contributed by atoms with E-state index in [1.807, 2.05) is 26.0 Å². The molecule has 0 heterocycles. The average Bonchev–Trinajstić information content (AvgIpc) is 2.45. The molecule has 0 aliphatic carbocycles. The van der Waals surface area contributed by atoms with Crippen LogP contribution in [0.25, 0.3) is 0 Å². The van der Waals surface area contributed by atoms with Gasteiger partial charge in [0, 0.05) is 12.2 Å². The number of nitrogens with one attached hydrogen (secondary N) is 1. The van der Waals surface area contributed by atoms with Crippen LogP contribution in [0.4, 0.5) is 5.69 Å². The first-order valence-electron chi connectivity index (χ1n) is 7.32. The van der Waals surface area contributed by atoms with Crippen molar-refractivity contribution in [3.8, 4) is 0 Å². The van der Waals surface area contributed by atoms with Gasteiger partial charge in [0.2, 0.25) is 0 Å². The van der Waals surface area contributed by atoms with Gasteiger partial charge >= 0.3 is 0 Å². The largest absolute Gasteiger partial charge is 0.389 e.